The number of hydrogen-bond donors (Lipinski definition) is 0. The molecule has 0 aliphatic heterocycles. The highest BCUT2D eigenvalue weighted by atomic mass is 79.9. The molecule has 0 nitrogen and oxygen atoms in total. The smallest absolute Gasteiger partial charge is 0.0178 e. The van der Waals surface area contributed by atoms with E-state index in [2.05, 4.69) is 109 Å². The van der Waals surface area contributed by atoms with Crippen LogP contribution >= 0.6 is 15.9 Å². The number of rotatable bonds is 2. The third-order valence-electron chi connectivity index (χ3n) is 4.81. The third kappa shape index (κ3) is 3.01. The topological polar surface area (TPSA) is 0 Å². The van der Waals surface area contributed by atoms with Crippen LogP contribution in [-0.4, -0.2) is 0 Å². The third-order valence-corrected chi connectivity index (χ3v) is 5.30. The molecule has 0 spiro atoms. The molecular weight excluding hydrogens is 368 g/mol. The normalized spacial score (nSPS) is 11.0. The molecule has 0 N–H and O–H groups in total. The molecule has 0 saturated heterocycles. The number of halogens is 1. The van der Waals surface area contributed by atoms with Crippen LogP contribution in [0.5, 0.6) is 0 Å². The van der Waals surface area contributed by atoms with Gasteiger partial charge in [-0.25, -0.2) is 0 Å². The van der Waals surface area contributed by atoms with Gasteiger partial charge in [0.25, 0.3) is 0 Å². The van der Waals surface area contributed by atoms with E-state index in [1.807, 2.05) is 0 Å². The first-order chi connectivity index (χ1) is 12.1. The summed E-state index contributed by atoms with van der Waals surface area (Å²) in [5.41, 5.74) is 7.75. The molecule has 0 aromatic heterocycles. The van der Waals surface area contributed by atoms with Crippen molar-refractivity contribution in [3.05, 3.63) is 94.5 Å². The molecule has 122 valence electrons. The molecule has 0 atom stereocenters. The van der Waals surface area contributed by atoms with Crippen LogP contribution in [0.4, 0.5) is 0 Å². The fourth-order valence-electron chi connectivity index (χ4n) is 3.54. The second-order valence-corrected chi connectivity index (χ2v) is 7.43. The van der Waals surface area contributed by atoms with Crippen LogP contribution in [0.1, 0.15) is 11.1 Å². The molecule has 0 saturated carbocycles. The Bertz CT molecular complexity index is 1070. The Kier molecular flexibility index (Phi) is 4.19. The summed E-state index contributed by atoms with van der Waals surface area (Å²) in [5.74, 6) is 0. The van der Waals surface area contributed by atoms with Gasteiger partial charge in [-0.3, -0.25) is 0 Å². The SMILES string of the molecule is Cc1cc(Br)ccc1-c1ccc(-c2cccc3ccccc23)cc1C. The summed E-state index contributed by atoms with van der Waals surface area (Å²) >= 11 is 3.55. The molecule has 0 aliphatic rings. The maximum atomic E-state index is 3.55. The maximum Gasteiger partial charge on any atom is 0.0178 e. The van der Waals surface area contributed by atoms with Gasteiger partial charge < -0.3 is 0 Å². The maximum absolute atomic E-state index is 3.55. The lowest BCUT2D eigenvalue weighted by Crippen LogP contribution is -1.89. The van der Waals surface area contributed by atoms with E-state index in [1.165, 1.54) is 44.2 Å². The Balaban J connectivity index is 1.85. The Labute approximate surface area is 157 Å². The van der Waals surface area contributed by atoms with Crippen molar-refractivity contribution in [1.29, 1.82) is 0 Å². The lowest BCUT2D eigenvalue weighted by atomic mass is 9.92. The molecule has 0 bridgehead atoms. The fourth-order valence-corrected chi connectivity index (χ4v) is 4.02. The van der Waals surface area contributed by atoms with E-state index in [1.54, 1.807) is 0 Å². The van der Waals surface area contributed by atoms with E-state index in [0.29, 0.717) is 0 Å². The highest BCUT2D eigenvalue weighted by Crippen LogP contribution is 2.34. The van der Waals surface area contributed by atoms with Crippen LogP contribution in [0.3, 0.4) is 0 Å². The van der Waals surface area contributed by atoms with Gasteiger partial charge in [-0.1, -0.05) is 82.7 Å². The van der Waals surface area contributed by atoms with E-state index in [9.17, 15) is 0 Å². The van der Waals surface area contributed by atoms with E-state index >= 15 is 0 Å². The van der Waals surface area contributed by atoms with Gasteiger partial charge >= 0.3 is 0 Å². The fraction of sp³-hybridized carbons (Fsp3) is 0.0833. The summed E-state index contributed by atoms with van der Waals surface area (Å²) in [6.07, 6.45) is 0. The van der Waals surface area contributed by atoms with Crippen molar-refractivity contribution >= 4 is 26.7 Å². The van der Waals surface area contributed by atoms with Crippen molar-refractivity contribution in [2.24, 2.45) is 0 Å². The van der Waals surface area contributed by atoms with Gasteiger partial charge in [0, 0.05) is 4.47 Å². The van der Waals surface area contributed by atoms with E-state index in [4.69, 9.17) is 0 Å². The predicted molar refractivity (Wildman–Crippen MR) is 112 cm³/mol. The first-order valence-corrected chi connectivity index (χ1v) is 9.28. The van der Waals surface area contributed by atoms with Crippen LogP contribution in [0.15, 0.2) is 83.3 Å². The number of benzene rings is 4. The molecule has 0 amide bonds. The second-order valence-electron chi connectivity index (χ2n) is 6.52. The first-order valence-electron chi connectivity index (χ1n) is 8.49. The lowest BCUT2D eigenvalue weighted by molar-refractivity contribution is 1.40. The molecule has 0 radical (unpaired) electrons. The molecule has 0 aliphatic carbocycles. The molecule has 0 unspecified atom stereocenters. The van der Waals surface area contributed by atoms with Gasteiger partial charge in [-0.15, -0.1) is 0 Å². The van der Waals surface area contributed by atoms with Crippen molar-refractivity contribution in [2.75, 3.05) is 0 Å². The Morgan fingerprint density at radius 3 is 2.04 bits per heavy atom. The van der Waals surface area contributed by atoms with E-state index < -0.39 is 0 Å². The second kappa shape index (κ2) is 6.50. The minimum absolute atomic E-state index is 1.12. The van der Waals surface area contributed by atoms with Crippen LogP contribution < -0.4 is 0 Å². The summed E-state index contributed by atoms with van der Waals surface area (Å²) in [6, 6.07) is 28.4. The Morgan fingerprint density at radius 1 is 0.600 bits per heavy atom. The zero-order valence-corrected chi connectivity index (χ0v) is 16.0. The lowest BCUT2D eigenvalue weighted by Gasteiger charge is -2.13. The first kappa shape index (κ1) is 16.1. The van der Waals surface area contributed by atoms with Crippen LogP contribution in [0, 0.1) is 13.8 Å². The standard InChI is InChI=1S/C24H19Br/c1-16-14-19(24-9-5-7-18-6-3-4-8-23(18)24)10-12-21(16)22-13-11-20(25)15-17(22)2/h3-15H,1-2H3. The number of hydrogen-bond acceptors (Lipinski definition) is 0. The summed E-state index contributed by atoms with van der Waals surface area (Å²) in [6.45, 7) is 4.36. The van der Waals surface area contributed by atoms with Gasteiger partial charge in [0.15, 0.2) is 0 Å². The molecule has 4 aromatic carbocycles. The predicted octanol–water partition coefficient (Wildman–Crippen LogP) is 7.55. The van der Waals surface area contributed by atoms with Crippen molar-refractivity contribution in [1.82, 2.24) is 0 Å². The molecule has 25 heavy (non-hydrogen) atoms. The van der Waals surface area contributed by atoms with Crippen LogP contribution in [0.2, 0.25) is 0 Å². The minimum Gasteiger partial charge on any atom is -0.0616 e. The molecular formula is C24H19Br. The Hall–Kier alpha value is -2.38. The molecule has 1 heteroatoms. The molecule has 0 fully saturated rings. The summed E-state index contributed by atoms with van der Waals surface area (Å²) in [7, 11) is 0. The van der Waals surface area contributed by atoms with Gasteiger partial charge in [-0.2, -0.15) is 0 Å². The van der Waals surface area contributed by atoms with Crippen LogP contribution in [0.25, 0.3) is 33.0 Å². The van der Waals surface area contributed by atoms with E-state index in [-0.39, 0.29) is 0 Å². The summed E-state index contributed by atoms with van der Waals surface area (Å²) in [4.78, 5) is 0. The number of fused-ring (bicyclic) bond motifs is 1. The molecule has 4 aromatic rings. The van der Waals surface area contributed by atoms with Gasteiger partial charge in [0.2, 0.25) is 0 Å². The molecule has 0 heterocycles. The largest absolute Gasteiger partial charge is 0.0616 e. The number of aryl methyl sites for hydroxylation is 2. The minimum atomic E-state index is 1.12. The zero-order chi connectivity index (χ0) is 17.4. The highest BCUT2D eigenvalue weighted by molar-refractivity contribution is 9.10. The Morgan fingerprint density at radius 2 is 1.28 bits per heavy atom. The quantitative estimate of drug-likeness (QED) is 0.333. The van der Waals surface area contributed by atoms with Gasteiger partial charge in [-0.05, 0) is 70.1 Å². The van der Waals surface area contributed by atoms with Crippen molar-refractivity contribution in [2.45, 2.75) is 13.8 Å². The average molecular weight is 387 g/mol. The molecule has 4 rings (SSSR count). The highest BCUT2D eigenvalue weighted by Gasteiger charge is 2.09. The average Bonchev–Trinajstić information content (AvgIpc) is 2.62. The monoisotopic (exact) mass is 386 g/mol. The van der Waals surface area contributed by atoms with E-state index in [0.717, 1.165) is 4.47 Å². The van der Waals surface area contributed by atoms with Crippen LogP contribution in [-0.2, 0) is 0 Å². The summed E-state index contributed by atoms with van der Waals surface area (Å²) in [5, 5.41) is 2.59. The van der Waals surface area contributed by atoms with Crippen molar-refractivity contribution in [3.8, 4) is 22.3 Å². The van der Waals surface area contributed by atoms with Gasteiger partial charge in [0.1, 0.15) is 0 Å². The van der Waals surface area contributed by atoms with Crippen molar-refractivity contribution in [3.63, 3.8) is 0 Å². The van der Waals surface area contributed by atoms with Gasteiger partial charge in [0.05, 0.1) is 0 Å². The van der Waals surface area contributed by atoms with Crippen molar-refractivity contribution < 1.29 is 0 Å². The zero-order valence-electron chi connectivity index (χ0n) is 14.4. The summed E-state index contributed by atoms with van der Waals surface area (Å²) < 4.78 is 1.12.